The third-order valence-electron chi connectivity index (χ3n) is 4.01. The average Bonchev–Trinajstić information content (AvgIpc) is 2.39. The Kier molecular flexibility index (Phi) is 5.96. The van der Waals surface area contributed by atoms with E-state index in [0.29, 0.717) is 17.4 Å². The molecule has 1 rings (SSSR count). The van der Waals surface area contributed by atoms with Gasteiger partial charge in [-0.15, -0.1) is 0 Å². The normalized spacial score (nSPS) is 14.0. The molecule has 0 saturated carbocycles. The molecule has 5 heteroatoms. The van der Waals surface area contributed by atoms with Crippen LogP contribution in [-0.2, 0) is 16.6 Å². The van der Waals surface area contributed by atoms with Gasteiger partial charge in [0.1, 0.15) is 0 Å². The van der Waals surface area contributed by atoms with E-state index in [4.69, 9.17) is 5.73 Å². The molecule has 0 heterocycles. The van der Waals surface area contributed by atoms with Crippen LogP contribution in [0, 0.1) is 19.8 Å². The molecule has 1 unspecified atom stereocenters. The van der Waals surface area contributed by atoms with Crippen molar-refractivity contribution in [1.29, 1.82) is 0 Å². The number of nitrogens with zero attached hydrogens (tertiary/aromatic N) is 1. The Bertz CT molecular complexity index is 595. The summed E-state index contributed by atoms with van der Waals surface area (Å²) in [7, 11) is -1.83. The van der Waals surface area contributed by atoms with Gasteiger partial charge in [-0.3, -0.25) is 0 Å². The molecule has 0 aliphatic rings. The average molecular weight is 312 g/mol. The van der Waals surface area contributed by atoms with E-state index in [1.54, 1.807) is 13.1 Å². The van der Waals surface area contributed by atoms with E-state index in [1.165, 1.54) is 4.31 Å². The summed E-state index contributed by atoms with van der Waals surface area (Å²) in [4.78, 5) is 0.376. The molecule has 2 N–H and O–H groups in total. The molecule has 0 bridgehead atoms. The first-order chi connectivity index (χ1) is 9.61. The molecule has 1 atom stereocenters. The van der Waals surface area contributed by atoms with E-state index < -0.39 is 10.0 Å². The fraction of sp³-hybridized carbons (Fsp3) is 0.625. The summed E-state index contributed by atoms with van der Waals surface area (Å²) >= 11 is 0. The van der Waals surface area contributed by atoms with E-state index in [1.807, 2.05) is 26.8 Å². The van der Waals surface area contributed by atoms with Crippen LogP contribution in [0.4, 0.5) is 0 Å². The first kappa shape index (κ1) is 18.1. The third-order valence-corrected chi connectivity index (χ3v) is 6.10. The Morgan fingerprint density at radius 3 is 2.24 bits per heavy atom. The highest BCUT2D eigenvalue weighted by atomic mass is 32.2. The lowest BCUT2D eigenvalue weighted by atomic mass is 10.1. The largest absolute Gasteiger partial charge is 0.326 e. The zero-order chi connectivity index (χ0) is 16.4. The van der Waals surface area contributed by atoms with Gasteiger partial charge < -0.3 is 5.73 Å². The molecule has 0 aliphatic heterocycles. The molecule has 0 amide bonds. The highest BCUT2D eigenvalue weighted by Gasteiger charge is 2.28. The van der Waals surface area contributed by atoms with Crippen molar-refractivity contribution in [2.24, 2.45) is 11.7 Å². The molecule has 0 aliphatic carbocycles. The number of aryl methyl sites for hydroxylation is 1. The van der Waals surface area contributed by atoms with Crippen molar-refractivity contribution in [3.05, 3.63) is 28.8 Å². The van der Waals surface area contributed by atoms with Gasteiger partial charge in [-0.25, -0.2) is 8.42 Å². The second-order valence-electron chi connectivity index (χ2n) is 6.24. The number of rotatable bonds is 6. The maximum atomic E-state index is 12.9. The second kappa shape index (κ2) is 6.90. The highest BCUT2D eigenvalue weighted by Crippen LogP contribution is 2.26. The smallest absolute Gasteiger partial charge is 0.243 e. The maximum absolute atomic E-state index is 12.9. The fourth-order valence-electron chi connectivity index (χ4n) is 2.51. The molecule has 1 aromatic carbocycles. The van der Waals surface area contributed by atoms with Crippen LogP contribution < -0.4 is 5.73 Å². The summed E-state index contributed by atoms with van der Waals surface area (Å²) in [6.07, 6.45) is 0.838. The highest BCUT2D eigenvalue weighted by molar-refractivity contribution is 7.89. The van der Waals surface area contributed by atoms with Gasteiger partial charge in [0.2, 0.25) is 10.0 Å². The molecule has 1 aromatic rings. The maximum Gasteiger partial charge on any atom is 0.243 e. The van der Waals surface area contributed by atoms with Gasteiger partial charge in [0.05, 0.1) is 4.90 Å². The zero-order valence-corrected chi connectivity index (χ0v) is 14.8. The number of hydrogen-bond acceptors (Lipinski definition) is 3. The molecular weight excluding hydrogens is 284 g/mol. The van der Waals surface area contributed by atoms with Crippen molar-refractivity contribution < 1.29 is 8.42 Å². The lowest BCUT2D eigenvalue weighted by Gasteiger charge is -2.27. The topological polar surface area (TPSA) is 63.4 Å². The van der Waals surface area contributed by atoms with Crippen LogP contribution in [0.1, 0.15) is 43.9 Å². The fourth-order valence-corrected chi connectivity index (χ4v) is 4.23. The predicted molar refractivity (Wildman–Crippen MR) is 87.7 cm³/mol. The van der Waals surface area contributed by atoms with Gasteiger partial charge in [0.15, 0.2) is 0 Å². The van der Waals surface area contributed by atoms with Crippen LogP contribution in [-0.4, -0.2) is 25.8 Å². The van der Waals surface area contributed by atoms with Gasteiger partial charge in [0.25, 0.3) is 0 Å². The first-order valence-electron chi connectivity index (χ1n) is 7.39. The number of hydrogen-bond donors (Lipinski definition) is 1. The van der Waals surface area contributed by atoms with Crippen LogP contribution in [0.2, 0.25) is 0 Å². The number of sulfonamides is 1. The minimum atomic E-state index is -3.49. The van der Waals surface area contributed by atoms with Crippen molar-refractivity contribution >= 4 is 10.0 Å². The molecule has 0 fully saturated rings. The minimum Gasteiger partial charge on any atom is -0.326 e. The van der Waals surface area contributed by atoms with Gasteiger partial charge in [-0.1, -0.05) is 19.9 Å². The molecule has 0 spiro atoms. The Morgan fingerprint density at radius 2 is 1.76 bits per heavy atom. The summed E-state index contributed by atoms with van der Waals surface area (Å²) in [5.74, 6) is 0.454. The molecule has 0 aromatic heterocycles. The Balaban J connectivity index is 3.27. The van der Waals surface area contributed by atoms with E-state index in [9.17, 15) is 8.42 Å². The predicted octanol–water partition coefficient (Wildman–Crippen LogP) is 2.82. The summed E-state index contributed by atoms with van der Waals surface area (Å²) in [6, 6.07) is 3.62. The van der Waals surface area contributed by atoms with Gasteiger partial charge >= 0.3 is 0 Å². The summed E-state index contributed by atoms with van der Waals surface area (Å²) < 4.78 is 27.2. The molecule has 0 saturated heterocycles. The first-order valence-corrected chi connectivity index (χ1v) is 8.83. The molecule has 0 radical (unpaired) electrons. The zero-order valence-electron chi connectivity index (χ0n) is 14.0. The van der Waals surface area contributed by atoms with E-state index >= 15 is 0 Å². The van der Waals surface area contributed by atoms with Crippen molar-refractivity contribution in [3.63, 3.8) is 0 Å². The van der Waals surface area contributed by atoms with Crippen LogP contribution in [0.25, 0.3) is 0 Å². The van der Waals surface area contributed by atoms with E-state index in [0.717, 1.165) is 23.1 Å². The monoisotopic (exact) mass is 312 g/mol. The van der Waals surface area contributed by atoms with E-state index in [2.05, 4.69) is 13.8 Å². The minimum absolute atomic E-state index is 0.0313. The van der Waals surface area contributed by atoms with Crippen LogP contribution in [0.3, 0.4) is 0 Å². The second-order valence-corrected chi connectivity index (χ2v) is 8.21. The van der Waals surface area contributed by atoms with Crippen molar-refractivity contribution in [3.8, 4) is 0 Å². The Hall–Kier alpha value is -0.910. The van der Waals surface area contributed by atoms with Crippen LogP contribution in [0.5, 0.6) is 0 Å². The lowest BCUT2D eigenvalue weighted by Crippen LogP contribution is -2.36. The van der Waals surface area contributed by atoms with Gasteiger partial charge in [-0.2, -0.15) is 4.31 Å². The lowest BCUT2D eigenvalue weighted by molar-refractivity contribution is 0.337. The number of benzene rings is 1. The Labute approximate surface area is 129 Å². The standard InChI is InChI=1S/C16H28N2O2S/c1-11(2)7-13(4)18(6)21(19,20)16-9-15(10-17)8-12(3)14(16)5/h8-9,11,13H,7,10,17H2,1-6H3. The van der Waals surface area contributed by atoms with Gasteiger partial charge in [-0.05, 0) is 55.9 Å². The summed E-state index contributed by atoms with van der Waals surface area (Å²) in [5.41, 5.74) is 8.28. The van der Waals surface area contributed by atoms with Gasteiger partial charge in [0, 0.05) is 19.6 Å². The van der Waals surface area contributed by atoms with Crippen molar-refractivity contribution in [1.82, 2.24) is 4.31 Å². The van der Waals surface area contributed by atoms with E-state index in [-0.39, 0.29) is 6.04 Å². The third kappa shape index (κ3) is 4.05. The molecular formula is C16H28N2O2S. The SMILES string of the molecule is Cc1cc(CN)cc(S(=O)(=O)N(C)C(C)CC(C)C)c1C. The molecule has 21 heavy (non-hydrogen) atoms. The van der Waals surface area contributed by atoms with Crippen LogP contribution >= 0.6 is 0 Å². The quantitative estimate of drug-likeness (QED) is 0.878. The van der Waals surface area contributed by atoms with Crippen molar-refractivity contribution in [2.75, 3.05) is 7.05 Å². The Morgan fingerprint density at radius 1 is 1.19 bits per heavy atom. The summed E-state index contributed by atoms with van der Waals surface area (Å²) in [5, 5.41) is 0. The van der Waals surface area contributed by atoms with Crippen molar-refractivity contribution in [2.45, 2.75) is 58.5 Å². The molecule has 120 valence electrons. The summed E-state index contributed by atoms with van der Waals surface area (Å²) in [6.45, 7) is 10.3. The number of nitrogens with two attached hydrogens (primary N) is 1. The van der Waals surface area contributed by atoms with Crippen LogP contribution in [0.15, 0.2) is 17.0 Å². The molecule has 4 nitrogen and oxygen atoms in total.